The third-order valence-corrected chi connectivity index (χ3v) is 4.07. The average molecular weight is 312 g/mol. The SMILES string of the molecule is C=CCOCc1cncc2c1CCN(C(=O)c1occc1C)C2. The van der Waals surface area contributed by atoms with Crippen LogP contribution in [0.15, 0.2) is 41.8 Å². The fraction of sp³-hybridized carbons (Fsp3) is 0.333. The zero-order chi connectivity index (χ0) is 16.2. The number of aryl methyl sites for hydroxylation is 1. The van der Waals surface area contributed by atoms with E-state index in [0.717, 1.165) is 23.1 Å². The van der Waals surface area contributed by atoms with Crippen LogP contribution in [-0.4, -0.2) is 28.9 Å². The van der Waals surface area contributed by atoms with Crippen molar-refractivity contribution in [2.24, 2.45) is 0 Å². The molecule has 0 N–H and O–H groups in total. The van der Waals surface area contributed by atoms with E-state index >= 15 is 0 Å². The first-order valence-electron chi connectivity index (χ1n) is 7.67. The molecule has 2 aromatic rings. The molecule has 0 saturated heterocycles. The smallest absolute Gasteiger partial charge is 0.290 e. The molecule has 0 spiro atoms. The van der Waals surface area contributed by atoms with Crippen LogP contribution in [0.2, 0.25) is 0 Å². The molecule has 0 atom stereocenters. The highest BCUT2D eigenvalue weighted by atomic mass is 16.5. The quantitative estimate of drug-likeness (QED) is 0.629. The first-order valence-corrected chi connectivity index (χ1v) is 7.67. The summed E-state index contributed by atoms with van der Waals surface area (Å²) in [4.78, 5) is 18.7. The number of nitrogens with zero attached hydrogens (tertiary/aromatic N) is 2. The highest BCUT2D eigenvalue weighted by molar-refractivity contribution is 5.93. The number of amides is 1. The van der Waals surface area contributed by atoms with E-state index < -0.39 is 0 Å². The summed E-state index contributed by atoms with van der Waals surface area (Å²) in [6.45, 7) is 7.79. The molecule has 120 valence electrons. The van der Waals surface area contributed by atoms with E-state index in [1.54, 1.807) is 12.3 Å². The molecule has 1 aliphatic heterocycles. The molecule has 3 heterocycles. The van der Waals surface area contributed by atoms with E-state index in [4.69, 9.17) is 9.15 Å². The summed E-state index contributed by atoms with van der Waals surface area (Å²) in [5.74, 6) is 0.360. The van der Waals surface area contributed by atoms with Gasteiger partial charge in [0.15, 0.2) is 5.76 Å². The van der Waals surface area contributed by atoms with Crippen molar-refractivity contribution in [3.05, 3.63) is 65.4 Å². The molecular weight excluding hydrogens is 292 g/mol. The normalized spacial score (nSPS) is 13.7. The Kier molecular flexibility index (Phi) is 4.57. The Balaban J connectivity index is 1.76. The number of hydrogen-bond acceptors (Lipinski definition) is 4. The van der Waals surface area contributed by atoms with Gasteiger partial charge in [-0.15, -0.1) is 6.58 Å². The van der Waals surface area contributed by atoms with Gasteiger partial charge in [0.1, 0.15) is 0 Å². The lowest BCUT2D eigenvalue weighted by atomic mass is 9.97. The highest BCUT2D eigenvalue weighted by Crippen LogP contribution is 2.24. The first kappa shape index (κ1) is 15.5. The Morgan fingerprint density at radius 3 is 3.13 bits per heavy atom. The van der Waals surface area contributed by atoms with Crippen molar-refractivity contribution in [1.29, 1.82) is 0 Å². The number of furan rings is 1. The fourth-order valence-electron chi connectivity index (χ4n) is 2.85. The van der Waals surface area contributed by atoms with E-state index in [0.29, 0.717) is 32.1 Å². The van der Waals surface area contributed by atoms with Gasteiger partial charge in [-0.05, 0) is 36.1 Å². The number of aromatic nitrogens is 1. The summed E-state index contributed by atoms with van der Waals surface area (Å²) in [5, 5.41) is 0. The fourth-order valence-corrected chi connectivity index (χ4v) is 2.85. The Bertz CT molecular complexity index is 721. The minimum Gasteiger partial charge on any atom is -0.459 e. The van der Waals surface area contributed by atoms with Gasteiger partial charge in [0.25, 0.3) is 5.91 Å². The molecule has 2 aromatic heterocycles. The van der Waals surface area contributed by atoms with Gasteiger partial charge < -0.3 is 14.1 Å². The van der Waals surface area contributed by atoms with Crippen LogP contribution in [0.5, 0.6) is 0 Å². The molecule has 0 bridgehead atoms. The molecule has 0 saturated carbocycles. The molecule has 5 heteroatoms. The van der Waals surface area contributed by atoms with Crippen LogP contribution in [0.3, 0.4) is 0 Å². The molecule has 0 radical (unpaired) electrons. The van der Waals surface area contributed by atoms with Crippen molar-refractivity contribution >= 4 is 5.91 Å². The molecule has 5 nitrogen and oxygen atoms in total. The second kappa shape index (κ2) is 6.79. The number of fused-ring (bicyclic) bond motifs is 1. The number of ether oxygens (including phenoxy) is 1. The number of rotatable bonds is 5. The standard InChI is InChI=1S/C18H20N2O3/c1-3-7-22-12-15-10-19-9-14-11-20(6-4-16(14)15)18(21)17-13(2)5-8-23-17/h3,5,8-10H,1,4,6-7,11-12H2,2H3. The van der Waals surface area contributed by atoms with Gasteiger partial charge in [0.05, 0.1) is 19.5 Å². The van der Waals surface area contributed by atoms with E-state index in [2.05, 4.69) is 11.6 Å². The average Bonchev–Trinajstić information content (AvgIpc) is 3.00. The van der Waals surface area contributed by atoms with Gasteiger partial charge in [-0.2, -0.15) is 0 Å². The zero-order valence-corrected chi connectivity index (χ0v) is 13.2. The second-order valence-corrected chi connectivity index (χ2v) is 5.65. The van der Waals surface area contributed by atoms with Gasteiger partial charge in [0, 0.05) is 31.0 Å². The second-order valence-electron chi connectivity index (χ2n) is 5.65. The van der Waals surface area contributed by atoms with E-state index in [-0.39, 0.29) is 5.91 Å². The van der Waals surface area contributed by atoms with Crippen molar-refractivity contribution < 1.29 is 13.9 Å². The monoisotopic (exact) mass is 312 g/mol. The third-order valence-electron chi connectivity index (χ3n) is 4.07. The van der Waals surface area contributed by atoms with Gasteiger partial charge in [-0.25, -0.2) is 0 Å². The minimum atomic E-state index is -0.0635. The molecule has 0 aromatic carbocycles. The van der Waals surface area contributed by atoms with E-state index in [1.807, 2.05) is 30.3 Å². The van der Waals surface area contributed by atoms with Crippen molar-refractivity contribution in [1.82, 2.24) is 9.88 Å². The Hall–Kier alpha value is -2.40. The van der Waals surface area contributed by atoms with Gasteiger partial charge in [-0.1, -0.05) is 6.08 Å². The van der Waals surface area contributed by atoms with Crippen LogP contribution in [0.25, 0.3) is 0 Å². The number of hydrogen-bond donors (Lipinski definition) is 0. The summed E-state index contributed by atoms with van der Waals surface area (Å²) in [5.41, 5.74) is 4.27. The van der Waals surface area contributed by atoms with Crippen molar-refractivity contribution in [2.45, 2.75) is 26.5 Å². The minimum absolute atomic E-state index is 0.0635. The maximum atomic E-state index is 12.6. The van der Waals surface area contributed by atoms with Crippen molar-refractivity contribution in [2.75, 3.05) is 13.2 Å². The third kappa shape index (κ3) is 3.19. The Morgan fingerprint density at radius 2 is 2.39 bits per heavy atom. The molecule has 0 aliphatic carbocycles. The highest BCUT2D eigenvalue weighted by Gasteiger charge is 2.26. The summed E-state index contributed by atoms with van der Waals surface area (Å²) in [7, 11) is 0. The van der Waals surface area contributed by atoms with Crippen LogP contribution in [0, 0.1) is 6.92 Å². The molecule has 1 aliphatic rings. The molecule has 0 fully saturated rings. The number of carbonyl (C=O) groups excluding carboxylic acids is 1. The molecule has 0 unspecified atom stereocenters. The number of carbonyl (C=O) groups is 1. The van der Waals surface area contributed by atoms with Crippen LogP contribution >= 0.6 is 0 Å². The molecule has 3 rings (SSSR count). The van der Waals surface area contributed by atoms with Crippen molar-refractivity contribution in [3.63, 3.8) is 0 Å². The first-order chi connectivity index (χ1) is 11.2. The van der Waals surface area contributed by atoms with Crippen LogP contribution < -0.4 is 0 Å². The van der Waals surface area contributed by atoms with E-state index in [1.165, 1.54) is 5.56 Å². The largest absolute Gasteiger partial charge is 0.459 e. The van der Waals surface area contributed by atoms with Crippen molar-refractivity contribution in [3.8, 4) is 0 Å². The zero-order valence-electron chi connectivity index (χ0n) is 13.2. The van der Waals surface area contributed by atoms with Gasteiger partial charge >= 0.3 is 0 Å². The lowest BCUT2D eigenvalue weighted by Crippen LogP contribution is -2.36. The summed E-state index contributed by atoms with van der Waals surface area (Å²) < 4.78 is 10.9. The van der Waals surface area contributed by atoms with Crippen LogP contribution in [-0.2, 0) is 24.3 Å². The molecule has 23 heavy (non-hydrogen) atoms. The summed E-state index contributed by atoms with van der Waals surface area (Å²) in [6.07, 6.45) is 7.76. The molecule has 1 amide bonds. The summed E-state index contributed by atoms with van der Waals surface area (Å²) in [6, 6.07) is 1.81. The van der Waals surface area contributed by atoms with Gasteiger partial charge in [-0.3, -0.25) is 9.78 Å². The lowest BCUT2D eigenvalue weighted by Gasteiger charge is -2.29. The van der Waals surface area contributed by atoms with Gasteiger partial charge in [0.2, 0.25) is 0 Å². The maximum Gasteiger partial charge on any atom is 0.290 e. The van der Waals surface area contributed by atoms with Crippen LogP contribution in [0.1, 0.15) is 32.8 Å². The molecular formula is C18H20N2O3. The maximum absolute atomic E-state index is 12.6. The predicted octanol–water partition coefficient (Wildman–Crippen LogP) is 2.88. The van der Waals surface area contributed by atoms with E-state index in [9.17, 15) is 4.79 Å². The summed E-state index contributed by atoms with van der Waals surface area (Å²) >= 11 is 0. The van der Waals surface area contributed by atoms with Crippen LogP contribution in [0.4, 0.5) is 0 Å². The lowest BCUT2D eigenvalue weighted by molar-refractivity contribution is 0.0700. The number of pyridine rings is 1. The topological polar surface area (TPSA) is 55.6 Å². The Morgan fingerprint density at radius 1 is 1.52 bits per heavy atom. The Labute approximate surface area is 135 Å². The predicted molar refractivity (Wildman–Crippen MR) is 86.0 cm³/mol.